The Morgan fingerprint density at radius 2 is 1.95 bits per heavy atom. The van der Waals surface area contributed by atoms with Gasteiger partial charge in [-0.1, -0.05) is 57.5 Å². The fourth-order valence-electron chi connectivity index (χ4n) is 9.80. The second-order valence-electron chi connectivity index (χ2n) is 13.5. The van der Waals surface area contributed by atoms with Crippen LogP contribution in [-0.2, 0) is 19.1 Å². The first-order valence-corrected chi connectivity index (χ1v) is 15.3. The smallest absolute Gasteiger partial charge is 0.235 e. The van der Waals surface area contributed by atoms with Crippen LogP contribution in [0.3, 0.4) is 0 Å². The third-order valence-electron chi connectivity index (χ3n) is 11.8. The van der Waals surface area contributed by atoms with Gasteiger partial charge in [0, 0.05) is 53.2 Å². The molecule has 7 heteroatoms. The van der Waals surface area contributed by atoms with Gasteiger partial charge in [-0.3, -0.25) is 14.4 Å². The van der Waals surface area contributed by atoms with E-state index in [0.717, 1.165) is 22.9 Å². The minimum Gasteiger partial charge on any atom is -0.504 e. The predicted octanol–water partition coefficient (Wildman–Crippen LogP) is 5.39. The number of nitrogens with one attached hydrogen (secondary N) is 2. The molecule has 0 radical (unpaired) electrons. The number of H-pyrrole nitrogens is 1. The number of aliphatic hydroxyl groups is 1. The van der Waals surface area contributed by atoms with Crippen molar-refractivity contribution in [2.75, 3.05) is 0 Å². The second-order valence-corrected chi connectivity index (χ2v) is 13.5. The molecule has 7 nitrogen and oxygen atoms in total. The fourth-order valence-corrected chi connectivity index (χ4v) is 9.80. The Labute approximate surface area is 240 Å². The molecule has 216 valence electrons. The molecule has 1 amide bonds. The molecule has 1 aromatic carbocycles. The first-order valence-electron chi connectivity index (χ1n) is 15.3. The van der Waals surface area contributed by atoms with Gasteiger partial charge in [0.1, 0.15) is 11.2 Å². The van der Waals surface area contributed by atoms with Crippen LogP contribution in [0.2, 0.25) is 0 Å². The highest BCUT2D eigenvalue weighted by Gasteiger charge is 2.79. The van der Waals surface area contributed by atoms with Crippen LogP contribution in [0.4, 0.5) is 0 Å². The number of hydrogen-bond donors (Lipinski definition) is 3. The minimum absolute atomic E-state index is 0.0112. The van der Waals surface area contributed by atoms with E-state index in [4.69, 9.17) is 4.74 Å². The second kappa shape index (κ2) is 8.90. The highest BCUT2D eigenvalue weighted by molar-refractivity contribution is 6.11. The maximum absolute atomic E-state index is 14.9. The van der Waals surface area contributed by atoms with E-state index in [1.54, 1.807) is 6.92 Å². The summed E-state index contributed by atoms with van der Waals surface area (Å²) >= 11 is 0. The number of carbonyl (C=O) groups excluding carboxylic acids is 3. The standard InChI is InChI=1S/C34H40N2O5/c1-6-22-27-28(17(3)21-15-35-24-13-8-7-11-19(21)24)36-32(40)34(27)23(31-33(22,5)41-31)12-9-10-16(2)26-18(4)29(38)30(39)20(26)14-25(34)37/h7-9,11-13,15-17,20,22-23,26-28,31,35,38H,6,10,14H2,1-5H3,(H,36,40)/b12-9+/t16?,17?,20-,22?,23?,26+,27?,28?,31?,33?,34?/m1/s1. The van der Waals surface area contributed by atoms with Gasteiger partial charge < -0.3 is 20.1 Å². The molecule has 2 aliphatic heterocycles. The third kappa shape index (κ3) is 3.33. The normalized spacial score (nSPS) is 43.2. The van der Waals surface area contributed by atoms with E-state index in [9.17, 15) is 19.5 Å². The number of fused-ring (bicyclic) bond motifs is 4. The summed E-state index contributed by atoms with van der Waals surface area (Å²) in [4.78, 5) is 46.1. The summed E-state index contributed by atoms with van der Waals surface area (Å²) in [5.41, 5.74) is 1.07. The van der Waals surface area contributed by atoms with Gasteiger partial charge in [-0.25, -0.2) is 0 Å². The number of carbonyl (C=O) groups is 3. The molecule has 3 N–H and O–H groups in total. The number of ether oxygens (including phenoxy) is 1. The number of ketones is 2. The molecule has 2 saturated heterocycles. The zero-order chi connectivity index (χ0) is 29.0. The van der Waals surface area contributed by atoms with E-state index in [2.05, 4.69) is 56.2 Å². The maximum atomic E-state index is 14.9. The Morgan fingerprint density at radius 3 is 2.71 bits per heavy atom. The average molecular weight is 557 g/mol. The van der Waals surface area contributed by atoms with E-state index in [-0.39, 0.29) is 71.4 Å². The van der Waals surface area contributed by atoms with Gasteiger partial charge in [-0.05, 0) is 55.2 Å². The van der Waals surface area contributed by atoms with Crippen molar-refractivity contribution in [2.45, 2.75) is 77.5 Å². The molecule has 3 heterocycles. The van der Waals surface area contributed by atoms with Crippen LogP contribution >= 0.6 is 0 Å². The summed E-state index contributed by atoms with van der Waals surface area (Å²) in [6.07, 6.45) is 7.40. The number of amides is 1. The number of aromatic nitrogens is 1. The zero-order valence-electron chi connectivity index (χ0n) is 24.4. The van der Waals surface area contributed by atoms with Crippen LogP contribution in [0.5, 0.6) is 0 Å². The van der Waals surface area contributed by atoms with Gasteiger partial charge in [0.05, 0.1) is 11.7 Å². The summed E-state index contributed by atoms with van der Waals surface area (Å²) in [7, 11) is 0. The van der Waals surface area contributed by atoms with Gasteiger partial charge in [0.2, 0.25) is 11.7 Å². The molecule has 9 unspecified atom stereocenters. The van der Waals surface area contributed by atoms with Crippen molar-refractivity contribution < 1.29 is 24.2 Å². The summed E-state index contributed by atoms with van der Waals surface area (Å²) in [5.74, 6) is -2.56. The van der Waals surface area contributed by atoms with Crippen molar-refractivity contribution in [2.24, 2.45) is 40.9 Å². The fraction of sp³-hybridized carbons (Fsp3) is 0.559. The van der Waals surface area contributed by atoms with Gasteiger partial charge in [-0.2, -0.15) is 0 Å². The number of allylic oxidation sites excluding steroid dienone is 3. The van der Waals surface area contributed by atoms with Crippen LogP contribution in [0.25, 0.3) is 10.9 Å². The Bertz CT molecular complexity index is 1540. The molecule has 3 aliphatic carbocycles. The molecule has 11 atom stereocenters. The highest BCUT2D eigenvalue weighted by atomic mass is 16.6. The number of epoxide rings is 1. The molecule has 1 saturated carbocycles. The SMILES string of the molecule is CCC1C2C(C(C)c3c[nH]c4ccccc34)NC(=O)C23C(=O)C[C@H]2C(=O)C(O)=C(C)[C@@H]2C(C)C/C=C/C3C2OC12C. The number of Topliss-reactive ketones (excluding diaryl/α,β-unsaturated/α-hetero) is 2. The molecule has 5 aliphatic rings. The maximum Gasteiger partial charge on any atom is 0.235 e. The Balaban J connectivity index is 1.38. The molecule has 1 spiro atoms. The van der Waals surface area contributed by atoms with Crippen molar-refractivity contribution in [1.29, 1.82) is 0 Å². The lowest BCUT2D eigenvalue weighted by atomic mass is 9.49. The van der Waals surface area contributed by atoms with E-state index < -0.39 is 22.9 Å². The number of benzene rings is 1. The summed E-state index contributed by atoms with van der Waals surface area (Å²) < 4.78 is 6.49. The Hall–Kier alpha value is -3.19. The van der Waals surface area contributed by atoms with Crippen molar-refractivity contribution >= 4 is 28.4 Å². The number of hydrogen-bond acceptors (Lipinski definition) is 5. The van der Waals surface area contributed by atoms with E-state index in [1.807, 2.05) is 24.4 Å². The van der Waals surface area contributed by atoms with E-state index >= 15 is 0 Å². The van der Waals surface area contributed by atoms with Crippen LogP contribution in [0.15, 0.2) is 53.9 Å². The molecular weight excluding hydrogens is 516 g/mol. The van der Waals surface area contributed by atoms with Gasteiger partial charge in [-0.15, -0.1) is 0 Å². The van der Waals surface area contributed by atoms with E-state index in [1.165, 1.54) is 0 Å². The van der Waals surface area contributed by atoms with Gasteiger partial charge in [0.15, 0.2) is 5.76 Å². The van der Waals surface area contributed by atoms with E-state index in [0.29, 0.717) is 12.0 Å². The summed E-state index contributed by atoms with van der Waals surface area (Å²) in [5, 5.41) is 15.1. The van der Waals surface area contributed by atoms with Crippen LogP contribution in [0, 0.1) is 40.9 Å². The van der Waals surface area contributed by atoms with Crippen molar-refractivity contribution in [3.8, 4) is 0 Å². The van der Waals surface area contributed by atoms with Crippen LogP contribution in [-0.4, -0.2) is 45.3 Å². The van der Waals surface area contributed by atoms with Crippen molar-refractivity contribution in [3.63, 3.8) is 0 Å². The third-order valence-corrected chi connectivity index (χ3v) is 11.8. The number of para-hydroxylation sites is 1. The molecule has 0 bridgehead atoms. The number of aliphatic hydroxyl groups excluding tert-OH is 1. The first kappa shape index (κ1) is 26.7. The largest absolute Gasteiger partial charge is 0.504 e. The quantitative estimate of drug-likeness (QED) is 0.267. The van der Waals surface area contributed by atoms with Gasteiger partial charge >= 0.3 is 0 Å². The molecule has 41 heavy (non-hydrogen) atoms. The summed E-state index contributed by atoms with van der Waals surface area (Å²) in [6, 6.07) is 7.89. The highest BCUT2D eigenvalue weighted by Crippen LogP contribution is 2.68. The minimum atomic E-state index is -1.33. The molecular formula is C34H40N2O5. The topological polar surface area (TPSA) is 112 Å². The van der Waals surface area contributed by atoms with Crippen LogP contribution < -0.4 is 5.32 Å². The lowest BCUT2D eigenvalue weighted by Gasteiger charge is -2.48. The van der Waals surface area contributed by atoms with Gasteiger partial charge in [0.25, 0.3) is 0 Å². The Kier molecular flexibility index (Phi) is 5.80. The van der Waals surface area contributed by atoms with Crippen molar-refractivity contribution in [3.05, 3.63) is 59.5 Å². The first-order chi connectivity index (χ1) is 19.6. The summed E-state index contributed by atoms with van der Waals surface area (Å²) in [6.45, 7) is 10.3. The lowest BCUT2D eigenvalue weighted by Crippen LogP contribution is -2.59. The van der Waals surface area contributed by atoms with Crippen LogP contribution in [0.1, 0.15) is 65.4 Å². The molecule has 1 aromatic heterocycles. The zero-order valence-corrected chi connectivity index (χ0v) is 24.4. The molecule has 2 aromatic rings. The monoisotopic (exact) mass is 556 g/mol. The predicted molar refractivity (Wildman–Crippen MR) is 155 cm³/mol. The number of rotatable bonds is 3. The number of aromatic amines is 1. The lowest BCUT2D eigenvalue weighted by molar-refractivity contribution is -0.150. The Morgan fingerprint density at radius 1 is 1.20 bits per heavy atom. The molecule has 3 fully saturated rings. The van der Waals surface area contributed by atoms with Crippen molar-refractivity contribution in [1.82, 2.24) is 10.3 Å². The molecule has 7 rings (SSSR count). The average Bonchev–Trinajstić information content (AvgIpc) is 3.22.